The number of carbonyl (C=O) groups is 1. The van der Waals surface area contributed by atoms with E-state index >= 15 is 0 Å². The molecular weight excluding hydrogens is 358 g/mol. The molecule has 6 heteroatoms. The number of aromatic hydroxyl groups is 1. The van der Waals surface area contributed by atoms with Crippen LogP contribution in [0.5, 0.6) is 5.88 Å². The van der Waals surface area contributed by atoms with Crippen molar-refractivity contribution >= 4 is 33.3 Å². The number of hydrogen-bond acceptors (Lipinski definition) is 4. The first kappa shape index (κ1) is 16.1. The maximum absolute atomic E-state index is 12.9. The zero-order valence-electron chi connectivity index (χ0n) is 14.5. The summed E-state index contributed by atoms with van der Waals surface area (Å²) in [5.74, 6) is -0.293. The molecule has 2 aromatic heterocycles. The van der Waals surface area contributed by atoms with Gasteiger partial charge >= 0.3 is 0 Å². The van der Waals surface area contributed by atoms with Crippen LogP contribution >= 0.6 is 11.3 Å². The highest BCUT2D eigenvalue weighted by Crippen LogP contribution is 2.37. The standard InChI is InChI=1S/C21H17N3O2S/c25-19(23-21-22-16(12-27-21)13-6-2-1-3-7-13)17-15-10-4-8-14-9-5-11-24(18(14)15)20(17)26/h1-4,6-8,10,12,26H,5,9,11H2,(H,22,23,25). The molecule has 4 aromatic rings. The molecular formula is C21H17N3O2S. The van der Waals surface area contributed by atoms with Crippen LogP contribution in [0.2, 0.25) is 0 Å². The number of benzene rings is 2. The summed E-state index contributed by atoms with van der Waals surface area (Å²) in [6.07, 6.45) is 1.93. The zero-order valence-corrected chi connectivity index (χ0v) is 15.3. The van der Waals surface area contributed by atoms with Crippen LogP contribution in [0.15, 0.2) is 53.9 Å². The van der Waals surface area contributed by atoms with Crippen LogP contribution in [0.3, 0.4) is 0 Å². The van der Waals surface area contributed by atoms with Crippen LogP contribution in [0.4, 0.5) is 5.13 Å². The van der Waals surface area contributed by atoms with Crippen molar-refractivity contribution in [2.45, 2.75) is 19.4 Å². The van der Waals surface area contributed by atoms with Crippen molar-refractivity contribution in [2.75, 3.05) is 5.32 Å². The van der Waals surface area contributed by atoms with E-state index < -0.39 is 0 Å². The Morgan fingerprint density at radius 1 is 1.15 bits per heavy atom. The summed E-state index contributed by atoms with van der Waals surface area (Å²) in [5, 5.41) is 16.8. The SMILES string of the molecule is O=C(Nc1nc(-c2ccccc2)cs1)c1c(O)n2c3c(cccc13)CCC2. The van der Waals surface area contributed by atoms with Gasteiger partial charge in [-0.05, 0) is 18.4 Å². The quantitative estimate of drug-likeness (QED) is 0.547. The molecule has 0 radical (unpaired) electrons. The minimum Gasteiger partial charge on any atom is -0.494 e. The van der Waals surface area contributed by atoms with Gasteiger partial charge in [-0.2, -0.15) is 0 Å². The number of para-hydroxylation sites is 1. The lowest BCUT2D eigenvalue weighted by Crippen LogP contribution is -2.12. The molecule has 0 saturated carbocycles. The first-order valence-electron chi connectivity index (χ1n) is 8.88. The normalized spacial score (nSPS) is 13.0. The van der Waals surface area contributed by atoms with Gasteiger partial charge in [0, 0.05) is 22.9 Å². The molecule has 134 valence electrons. The number of thiazole rings is 1. The number of hydrogen-bond donors (Lipinski definition) is 2. The van der Waals surface area contributed by atoms with Crippen LogP contribution in [-0.2, 0) is 13.0 Å². The highest BCUT2D eigenvalue weighted by Gasteiger charge is 2.26. The Balaban J connectivity index is 1.50. The van der Waals surface area contributed by atoms with E-state index in [1.54, 1.807) is 0 Å². The maximum atomic E-state index is 12.9. The number of anilines is 1. The smallest absolute Gasteiger partial charge is 0.263 e. The predicted molar refractivity (Wildman–Crippen MR) is 107 cm³/mol. The summed E-state index contributed by atoms with van der Waals surface area (Å²) in [4.78, 5) is 17.4. The molecule has 0 aliphatic carbocycles. The third kappa shape index (κ3) is 2.61. The monoisotopic (exact) mass is 375 g/mol. The van der Waals surface area contributed by atoms with Crippen LogP contribution in [0.1, 0.15) is 22.3 Å². The van der Waals surface area contributed by atoms with Gasteiger partial charge in [0.2, 0.25) is 5.88 Å². The lowest BCUT2D eigenvalue weighted by Gasteiger charge is -2.15. The second-order valence-corrected chi connectivity index (χ2v) is 7.48. The lowest BCUT2D eigenvalue weighted by molar-refractivity contribution is 0.102. The van der Waals surface area contributed by atoms with E-state index in [9.17, 15) is 9.90 Å². The summed E-state index contributed by atoms with van der Waals surface area (Å²) in [7, 11) is 0. The van der Waals surface area contributed by atoms with Crippen LogP contribution in [0.25, 0.3) is 22.2 Å². The van der Waals surface area contributed by atoms with Crippen molar-refractivity contribution in [1.29, 1.82) is 0 Å². The van der Waals surface area contributed by atoms with Crippen LogP contribution in [0, 0.1) is 0 Å². The van der Waals surface area contributed by atoms with Gasteiger partial charge in [-0.1, -0.05) is 48.5 Å². The van der Waals surface area contributed by atoms with E-state index in [1.165, 1.54) is 16.9 Å². The molecule has 2 aromatic carbocycles. The van der Waals surface area contributed by atoms with Crippen LogP contribution in [-0.4, -0.2) is 20.6 Å². The van der Waals surface area contributed by atoms with Gasteiger partial charge in [-0.3, -0.25) is 10.1 Å². The Bertz CT molecular complexity index is 1160. The van der Waals surface area contributed by atoms with Gasteiger partial charge in [0.25, 0.3) is 5.91 Å². The Morgan fingerprint density at radius 2 is 2.00 bits per heavy atom. The number of rotatable bonds is 3. The second-order valence-electron chi connectivity index (χ2n) is 6.63. The average molecular weight is 375 g/mol. The molecule has 0 atom stereocenters. The van der Waals surface area contributed by atoms with Crippen molar-refractivity contribution in [3.63, 3.8) is 0 Å². The maximum Gasteiger partial charge on any atom is 0.263 e. The minimum absolute atomic E-state index is 0.0366. The number of aromatic nitrogens is 2. The van der Waals surface area contributed by atoms with Gasteiger partial charge in [0.05, 0.1) is 11.2 Å². The first-order chi connectivity index (χ1) is 13.2. The molecule has 1 amide bonds. The molecule has 0 bridgehead atoms. The topological polar surface area (TPSA) is 67.2 Å². The molecule has 1 aliphatic rings. The average Bonchev–Trinajstić information content (AvgIpc) is 3.27. The molecule has 0 saturated heterocycles. The third-order valence-electron chi connectivity index (χ3n) is 4.99. The number of nitrogens with one attached hydrogen (secondary N) is 1. The third-order valence-corrected chi connectivity index (χ3v) is 5.74. The van der Waals surface area contributed by atoms with E-state index in [1.807, 2.05) is 52.4 Å². The predicted octanol–water partition coefficient (Wildman–Crippen LogP) is 4.67. The fourth-order valence-electron chi connectivity index (χ4n) is 3.78. The summed E-state index contributed by atoms with van der Waals surface area (Å²) in [5.41, 5.74) is 4.29. The fourth-order valence-corrected chi connectivity index (χ4v) is 4.49. The summed E-state index contributed by atoms with van der Waals surface area (Å²) < 4.78 is 1.85. The summed E-state index contributed by atoms with van der Waals surface area (Å²) >= 11 is 1.38. The van der Waals surface area contributed by atoms with E-state index in [-0.39, 0.29) is 11.8 Å². The molecule has 1 aliphatic heterocycles. The Morgan fingerprint density at radius 3 is 2.85 bits per heavy atom. The fraction of sp³-hybridized carbons (Fsp3) is 0.143. The van der Waals surface area contributed by atoms with Crippen LogP contribution < -0.4 is 5.32 Å². The van der Waals surface area contributed by atoms with Gasteiger partial charge in [-0.15, -0.1) is 11.3 Å². The summed E-state index contributed by atoms with van der Waals surface area (Å²) in [6, 6.07) is 15.7. The highest BCUT2D eigenvalue weighted by molar-refractivity contribution is 7.14. The number of aryl methyl sites for hydroxylation is 2. The van der Waals surface area contributed by atoms with Gasteiger partial charge in [0.1, 0.15) is 5.56 Å². The Labute approximate surface area is 159 Å². The first-order valence-corrected chi connectivity index (χ1v) is 9.75. The number of carbonyl (C=O) groups excluding carboxylic acids is 1. The van der Waals surface area contributed by atoms with Gasteiger partial charge in [0.15, 0.2) is 5.13 Å². The second kappa shape index (κ2) is 6.25. The summed E-state index contributed by atoms with van der Waals surface area (Å²) in [6.45, 7) is 0.724. The number of nitrogens with zero attached hydrogens (tertiary/aromatic N) is 2. The molecule has 2 N–H and O–H groups in total. The van der Waals surface area contributed by atoms with E-state index in [2.05, 4.69) is 16.4 Å². The zero-order chi connectivity index (χ0) is 18.4. The largest absolute Gasteiger partial charge is 0.494 e. The van der Waals surface area contributed by atoms with Gasteiger partial charge in [-0.25, -0.2) is 4.98 Å². The molecule has 5 rings (SSSR count). The van der Waals surface area contributed by atoms with E-state index in [0.717, 1.165) is 41.5 Å². The molecule has 5 nitrogen and oxygen atoms in total. The highest BCUT2D eigenvalue weighted by atomic mass is 32.1. The lowest BCUT2D eigenvalue weighted by atomic mass is 10.0. The Hall–Kier alpha value is -3.12. The minimum atomic E-state index is -0.329. The van der Waals surface area contributed by atoms with Crippen molar-refractivity contribution in [2.24, 2.45) is 0 Å². The molecule has 3 heterocycles. The Kier molecular flexibility index (Phi) is 3.72. The van der Waals surface area contributed by atoms with Crippen molar-refractivity contribution in [3.05, 3.63) is 65.0 Å². The van der Waals surface area contributed by atoms with Gasteiger partial charge < -0.3 is 9.67 Å². The molecule has 0 fully saturated rings. The molecule has 0 spiro atoms. The number of amides is 1. The molecule has 27 heavy (non-hydrogen) atoms. The van der Waals surface area contributed by atoms with Crippen molar-refractivity contribution in [1.82, 2.24) is 9.55 Å². The van der Waals surface area contributed by atoms with E-state index in [4.69, 9.17) is 0 Å². The van der Waals surface area contributed by atoms with E-state index in [0.29, 0.717) is 10.7 Å². The van der Waals surface area contributed by atoms with Crippen molar-refractivity contribution < 1.29 is 9.90 Å². The molecule has 0 unspecified atom stereocenters. The van der Waals surface area contributed by atoms with Crippen molar-refractivity contribution in [3.8, 4) is 17.1 Å².